The minimum absolute atomic E-state index is 0.313. The van der Waals surface area contributed by atoms with Gasteiger partial charge in [0.1, 0.15) is 0 Å². The fourth-order valence-electron chi connectivity index (χ4n) is 2.85. The Bertz CT molecular complexity index is 884. The first-order valence-electron chi connectivity index (χ1n) is 9.05. The number of aromatic nitrogens is 4. The van der Waals surface area contributed by atoms with Crippen LogP contribution in [0.2, 0.25) is 0 Å². The molecule has 0 aliphatic rings. The van der Waals surface area contributed by atoms with Gasteiger partial charge in [0.05, 0.1) is 0 Å². The molecule has 0 fully saturated rings. The van der Waals surface area contributed by atoms with E-state index in [2.05, 4.69) is 81.1 Å². The monoisotopic (exact) mass is 488 g/mol. The van der Waals surface area contributed by atoms with Gasteiger partial charge in [-0.15, -0.1) is 0 Å². The molecule has 2 heterocycles. The Kier molecular flexibility index (Phi) is 6.44. The molecule has 0 aliphatic carbocycles. The average molecular weight is 486 g/mol. The van der Waals surface area contributed by atoms with E-state index >= 15 is 0 Å². The molecule has 0 saturated carbocycles. The van der Waals surface area contributed by atoms with E-state index in [1.807, 2.05) is 0 Å². The molecule has 27 heavy (non-hydrogen) atoms. The average Bonchev–Trinajstić information content (AvgIpc) is 3.33. The van der Waals surface area contributed by atoms with Gasteiger partial charge < -0.3 is 0 Å². The zero-order valence-electron chi connectivity index (χ0n) is 14.9. The molecule has 0 aliphatic heterocycles. The summed E-state index contributed by atoms with van der Waals surface area (Å²) in [5, 5.41) is 17.6. The molecule has 4 aromatic rings. The molecule has 0 unspecified atom stereocenters. The molecule has 0 atom stereocenters. The van der Waals surface area contributed by atoms with Crippen molar-refractivity contribution in [2.45, 2.75) is 32.1 Å². The fourth-order valence-corrected chi connectivity index (χ4v) is 6.72. The Balaban J connectivity index is 1.25. The van der Waals surface area contributed by atoms with Crippen LogP contribution in [-0.4, -0.2) is 49.4 Å². The van der Waals surface area contributed by atoms with Crippen molar-refractivity contribution >= 4 is 29.0 Å². The predicted octanol–water partition coefficient (Wildman–Crippen LogP) is 2.74. The molecule has 6 heteroatoms. The van der Waals surface area contributed by atoms with Crippen molar-refractivity contribution in [3.8, 4) is 0 Å². The zero-order valence-corrected chi connectivity index (χ0v) is 18.3. The summed E-state index contributed by atoms with van der Waals surface area (Å²) in [7, 11) is 0. The maximum atomic E-state index is 4.42. The van der Waals surface area contributed by atoms with Crippen molar-refractivity contribution in [3.63, 3.8) is 0 Å². The van der Waals surface area contributed by atoms with Crippen LogP contribution in [-0.2, 0) is 25.7 Å². The summed E-state index contributed by atoms with van der Waals surface area (Å²) in [6.07, 6.45) is 5.03. The van der Waals surface area contributed by atoms with Gasteiger partial charge in [0, 0.05) is 0 Å². The second-order valence-electron chi connectivity index (χ2n) is 6.36. The van der Waals surface area contributed by atoms with Gasteiger partial charge in [0.2, 0.25) is 0 Å². The standard InChI is InChI=1S/C21H20N4Se2/c1-3-8-16(9-4-1)14-20-24-22-18(26-20)12-7-13-19-23-25-21(27-19)15-17-10-5-2-6-11-17/h1-6,8-11H,7,12-15H2. The van der Waals surface area contributed by atoms with Gasteiger partial charge in [-0.3, -0.25) is 0 Å². The predicted molar refractivity (Wildman–Crippen MR) is 108 cm³/mol. The molecule has 0 saturated heterocycles. The van der Waals surface area contributed by atoms with Crippen LogP contribution >= 0.6 is 0 Å². The van der Waals surface area contributed by atoms with Gasteiger partial charge in [-0.2, -0.15) is 0 Å². The van der Waals surface area contributed by atoms with E-state index < -0.39 is 0 Å². The van der Waals surface area contributed by atoms with E-state index in [0.29, 0.717) is 29.0 Å². The van der Waals surface area contributed by atoms with Crippen LogP contribution in [0.5, 0.6) is 0 Å². The zero-order chi connectivity index (χ0) is 18.3. The third-order valence-electron chi connectivity index (χ3n) is 4.20. The molecule has 0 spiro atoms. The molecule has 2 aromatic carbocycles. The normalized spacial score (nSPS) is 11.0. The topological polar surface area (TPSA) is 51.6 Å². The molecule has 136 valence electrons. The summed E-state index contributed by atoms with van der Waals surface area (Å²) in [5.74, 6) is 0. The quantitative estimate of drug-likeness (QED) is 0.360. The summed E-state index contributed by atoms with van der Waals surface area (Å²) >= 11 is 0.626. The molecular weight excluding hydrogens is 466 g/mol. The van der Waals surface area contributed by atoms with Crippen molar-refractivity contribution in [1.82, 2.24) is 20.4 Å². The van der Waals surface area contributed by atoms with E-state index in [4.69, 9.17) is 0 Å². The number of hydrogen-bond donors (Lipinski definition) is 0. The summed E-state index contributed by atoms with van der Waals surface area (Å²) in [5.41, 5.74) is 2.64. The maximum absolute atomic E-state index is 4.42. The van der Waals surface area contributed by atoms with Crippen LogP contribution in [0, 0.1) is 0 Å². The number of benzene rings is 2. The van der Waals surface area contributed by atoms with Crippen molar-refractivity contribution < 1.29 is 0 Å². The number of aryl methyl sites for hydroxylation is 2. The molecule has 2 aromatic heterocycles. The van der Waals surface area contributed by atoms with Gasteiger partial charge in [0.15, 0.2) is 0 Å². The molecular formula is C21H20N4Se2. The Morgan fingerprint density at radius 2 is 0.926 bits per heavy atom. The molecule has 0 bridgehead atoms. The van der Waals surface area contributed by atoms with Gasteiger partial charge in [-0.05, 0) is 0 Å². The summed E-state index contributed by atoms with van der Waals surface area (Å²) in [6.45, 7) is 0. The summed E-state index contributed by atoms with van der Waals surface area (Å²) in [4.78, 5) is 0. The number of rotatable bonds is 8. The molecule has 4 nitrogen and oxygen atoms in total. The van der Waals surface area contributed by atoms with Crippen LogP contribution in [0.25, 0.3) is 0 Å². The summed E-state index contributed by atoms with van der Waals surface area (Å²) in [6, 6.07) is 21.1. The summed E-state index contributed by atoms with van der Waals surface area (Å²) < 4.78 is 5.01. The first-order valence-corrected chi connectivity index (χ1v) is 12.5. The second-order valence-corrected chi connectivity index (χ2v) is 11.2. The van der Waals surface area contributed by atoms with Gasteiger partial charge >= 0.3 is 172 Å². The Labute approximate surface area is 171 Å². The van der Waals surface area contributed by atoms with Crippen molar-refractivity contribution in [2.75, 3.05) is 0 Å². The third kappa shape index (κ3) is 5.57. The van der Waals surface area contributed by atoms with E-state index in [-0.39, 0.29) is 0 Å². The van der Waals surface area contributed by atoms with Gasteiger partial charge in [-0.1, -0.05) is 0 Å². The van der Waals surface area contributed by atoms with E-state index in [0.717, 1.165) is 32.1 Å². The third-order valence-corrected chi connectivity index (χ3v) is 8.32. The SMILES string of the molecule is c1ccc(Cc2nnc(CCCc3nnc(Cc4ccccc4)[se]3)[se]2)cc1. The first kappa shape index (κ1) is 18.5. The van der Waals surface area contributed by atoms with Crippen molar-refractivity contribution in [3.05, 3.63) is 90.1 Å². The second kappa shape index (κ2) is 9.38. The van der Waals surface area contributed by atoms with Crippen LogP contribution < -0.4 is 0 Å². The van der Waals surface area contributed by atoms with Crippen molar-refractivity contribution in [1.29, 1.82) is 0 Å². The first-order chi connectivity index (χ1) is 13.3. The van der Waals surface area contributed by atoms with Gasteiger partial charge in [-0.25, -0.2) is 0 Å². The molecule has 0 radical (unpaired) electrons. The number of nitrogens with zero attached hydrogens (tertiary/aromatic N) is 4. The van der Waals surface area contributed by atoms with Crippen LogP contribution in [0.4, 0.5) is 0 Å². The Morgan fingerprint density at radius 3 is 1.37 bits per heavy atom. The van der Waals surface area contributed by atoms with Crippen molar-refractivity contribution in [2.24, 2.45) is 0 Å². The molecule has 0 N–H and O–H groups in total. The van der Waals surface area contributed by atoms with Gasteiger partial charge in [0.25, 0.3) is 0 Å². The van der Waals surface area contributed by atoms with E-state index in [9.17, 15) is 0 Å². The Hall–Kier alpha value is -1.84. The Morgan fingerprint density at radius 1 is 0.519 bits per heavy atom. The minimum atomic E-state index is 0.313. The van der Waals surface area contributed by atoms with E-state index in [1.165, 1.54) is 29.4 Å². The number of hydrogen-bond acceptors (Lipinski definition) is 4. The molecule has 4 rings (SSSR count). The molecule has 0 amide bonds. The van der Waals surface area contributed by atoms with Crippen LogP contribution in [0.15, 0.2) is 60.7 Å². The van der Waals surface area contributed by atoms with E-state index in [1.54, 1.807) is 0 Å². The van der Waals surface area contributed by atoms with Crippen LogP contribution in [0.3, 0.4) is 0 Å². The van der Waals surface area contributed by atoms with Crippen LogP contribution in [0.1, 0.15) is 35.8 Å². The fraction of sp³-hybridized carbons (Fsp3) is 0.238.